The van der Waals surface area contributed by atoms with Crippen LogP contribution in [0.4, 0.5) is 0 Å². The number of carbonyl (C=O) groups is 2. The molecule has 0 spiro atoms. The van der Waals surface area contributed by atoms with Gasteiger partial charge in [-0.05, 0) is 48.6 Å². The lowest BCUT2D eigenvalue weighted by molar-refractivity contribution is -0.121. The normalized spacial score (nSPS) is 15.3. The van der Waals surface area contributed by atoms with Gasteiger partial charge in [0.05, 0.1) is 22.8 Å². The third kappa shape index (κ3) is 6.24. The highest BCUT2D eigenvalue weighted by atomic mass is 16.2. The van der Waals surface area contributed by atoms with Gasteiger partial charge in [-0.1, -0.05) is 104 Å². The van der Waals surface area contributed by atoms with E-state index in [4.69, 9.17) is 0 Å². The van der Waals surface area contributed by atoms with Crippen molar-refractivity contribution in [3.63, 3.8) is 0 Å². The summed E-state index contributed by atoms with van der Waals surface area (Å²) in [5, 5.41) is 7.70. The number of piperidine rings is 1. The molecule has 2 N–H and O–H groups in total. The van der Waals surface area contributed by atoms with Gasteiger partial charge in [-0.15, -0.1) is 0 Å². The van der Waals surface area contributed by atoms with Crippen molar-refractivity contribution < 1.29 is 9.59 Å². The highest BCUT2D eigenvalue weighted by Gasteiger charge is 2.37. The van der Waals surface area contributed by atoms with Gasteiger partial charge in [0.1, 0.15) is 0 Å². The number of benzene rings is 4. The van der Waals surface area contributed by atoms with Gasteiger partial charge >= 0.3 is 0 Å². The Morgan fingerprint density at radius 3 is 1.96 bits per heavy atom. The molecule has 1 fully saturated rings. The number of hydrogen-bond acceptors (Lipinski definition) is 4. The molecule has 7 nitrogen and oxygen atoms in total. The molecule has 2 amide bonds. The van der Waals surface area contributed by atoms with Crippen LogP contribution < -0.4 is 16.2 Å². The first-order chi connectivity index (χ1) is 22.4. The number of pyridine rings is 1. The fourth-order valence-electron chi connectivity index (χ4n) is 6.87. The summed E-state index contributed by atoms with van der Waals surface area (Å²) in [5.41, 5.74) is 3.37. The highest BCUT2D eigenvalue weighted by molar-refractivity contribution is 6.08. The molecule has 6 rings (SSSR count). The molecule has 1 atom stereocenters. The van der Waals surface area contributed by atoms with Crippen LogP contribution in [0.3, 0.4) is 0 Å². The van der Waals surface area contributed by atoms with Gasteiger partial charge in [-0.3, -0.25) is 23.9 Å². The molecule has 234 valence electrons. The van der Waals surface area contributed by atoms with Crippen molar-refractivity contribution >= 4 is 22.6 Å². The standard InChI is InChI=1S/C39H40N4O3/c1-3-34(29-15-7-4-8-16-29)40-37(45)36-32-21-13-14-22-33(32)38(46)43(31-19-11-6-12-20-31)35(36)27-42-25-23-39(24-26-42,41-28(2)44)30-17-9-5-10-18-30/h4-22,34H,3,23-27H2,1-2H3,(H,40,45)(H,41,44)/t34-/m0/s1. The Labute approximate surface area is 269 Å². The van der Waals surface area contributed by atoms with Gasteiger partial charge < -0.3 is 10.6 Å². The minimum atomic E-state index is -0.476. The Hall–Kier alpha value is -5.01. The number of carbonyl (C=O) groups excluding carboxylic acids is 2. The van der Waals surface area contributed by atoms with Gasteiger partial charge in [0.2, 0.25) is 5.91 Å². The Morgan fingerprint density at radius 2 is 1.35 bits per heavy atom. The van der Waals surface area contributed by atoms with Crippen molar-refractivity contribution in [2.45, 2.75) is 51.2 Å². The number of hydrogen-bond donors (Lipinski definition) is 2. The lowest BCUT2D eigenvalue weighted by Crippen LogP contribution is -2.52. The molecule has 1 aliphatic rings. The van der Waals surface area contributed by atoms with Crippen LogP contribution in [0, 0.1) is 0 Å². The van der Waals surface area contributed by atoms with Crippen molar-refractivity contribution in [3.8, 4) is 5.69 Å². The van der Waals surface area contributed by atoms with E-state index in [0.717, 1.165) is 17.5 Å². The maximum atomic E-state index is 14.5. The molecule has 0 aliphatic carbocycles. The molecule has 7 heteroatoms. The van der Waals surface area contributed by atoms with Crippen LogP contribution >= 0.6 is 0 Å². The van der Waals surface area contributed by atoms with Crippen LogP contribution in [0.2, 0.25) is 0 Å². The monoisotopic (exact) mass is 612 g/mol. The fraction of sp³-hybridized carbons (Fsp3) is 0.256. The molecule has 2 heterocycles. The summed E-state index contributed by atoms with van der Waals surface area (Å²) in [6, 6.07) is 36.9. The van der Waals surface area contributed by atoms with E-state index in [0.29, 0.717) is 60.2 Å². The van der Waals surface area contributed by atoms with Crippen LogP contribution in [-0.4, -0.2) is 34.4 Å². The SMILES string of the molecule is CC[C@H](NC(=O)c1c(CN2CCC(NC(C)=O)(c3ccccc3)CC2)n(-c2ccccc2)c(=O)c2ccccc12)c1ccccc1. The lowest BCUT2D eigenvalue weighted by Gasteiger charge is -2.43. The quantitative estimate of drug-likeness (QED) is 0.199. The molecule has 1 saturated heterocycles. The summed E-state index contributed by atoms with van der Waals surface area (Å²) in [4.78, 5) is 43.4. The molecule has 46 heavy (non-hydrogen) atoms. The summed E-state index contributed by atoms with van der Waals surface area (Å²) in [5.74, 6) is -0.270. The largest absolute Gasteiger partial charge is 0.347 e. The number of para-hydroxylation sites is 1. The third-order valence-electron chi connectivity index (χ3n) is 9.17. The second-order valence-corrected chi connectivity index (χ2v) is 12.1. The van der Waals surface area contributed by atoms with Gasteiger partial charge in [0.25, 0.3) is 11.5 Å². The number of aromatic nitrogens is 1. The molecule has 1 aliphatic heterocycles. The molecule has 1 aromatic heterocycles. The molecule has 4 aromatic carbocycles. The van der Waals surface area contributed by atoms with Crippen LogP contribution in [0.1, 0.15) is 66.3 Å². The molecule has 0 saturated carbocycles. The summed E-state index contributed by atoms with van der Waals surface area (Å²) in [6.45, 7) is 5.37. The second-order valence-electron chi connectivity index (χ2n) is 12.1. The van der Waals surface area contributed by atoms with E-state index >= 15 is 0 Å². The summed E-state index contributed by atoms with van der Waals surface area (Å²) in [6.07, 6.45) is 2.12. The average molecular weight is 613 g/mol. The Kier molecular flexibility index (Phi) is 9.13. The lowest BCUT2D eigenvalue weighted by atomic mass is 9.80. The third-order valence-corrected chi connectivity index (χ3v) is 9.17. The number of nitrogens with one attached hydrogen (secondary N) is 2. The molecule has 0 bridgehead atoms. The van der Waals surface area contributed by atoms with Crippen molar-refractivity contribution in [3.05, 3.63) is 148 Å². The van der Waals surface area contributed by atoms with E-state index in [1.54, 1.807) is 17.6 Å². The average Bonchev–Trinajstić information content (AvgIpc) is 3.09. The summed E-state index contributed by atoms with van der Waals surface area (Å²) in [7, 11) is 0. The van der Waals surface area contributed by atoms with Crippen molar-refractivity contribution in [1.29, 1.82) is 0 Å². The Morgan fingerprint density at radius 1 is 0.783 bits per heavy atom. The highest BCUT2D eigenvalue weighted by Crippen LogP contribution is 2.34. The first-order valence-electron chi connectivity index (χ1n) is 16.0. The van der Waals surface area contributed by atoms with E-state index in [-0.39, 0.29) is 23.4 Å². The number of amides is 2. The number of likely N-dealkylation sites (tertiary alicyclic amines) is 1. The van der Waals surface area contributed by atoms with Crippen LogP contribution in [0.15, 0.2) is 120 Å². The topological polar surface area (TPSA) is 83.4 Å². The van der Waals surface area contributed by atoms with Crippen LogP contribution in [0.5, 0.6) is 0 Å². The molecule has 5 aromatic rings. The predicted molar refractivity (Wildman–Crippen MR) is 183 cm³/mol. The van der Waals surface area contributed by atoms with Crippen molar-refractivity contribution in [2.24, 2.45) is 0 Å². The zero-order chi connectivity index (χ0) is 32.1. The van der Waals surface area contributed by atoms with Crippen LogP contribution in [-0.2, 0) is 16.9 Å². The maximum absolute atomic E-state index is 14.5. The van der Waals surface area contributed by atoms with E-state index in [1.165, 1.54) is 0 Å². The minimum Gasteiger partial charge on any atom is -0.347 e. The van der Waals surface area contributed by atoms with Crippen molar-refractivity contribution in [1.82, 2.24) is 20.1 Å². The molecular formula is C39H40N4O3. The number of nitrogens with zero attached hydrogens (tertiary/aromatic N) is 2. The van der Waals surface area contributed by atoms with E-state index < -0.39 is 5.54 Å². The fourth-order valence-corrected chi connectivity index (χ4v) is 6.87. The smallest absolute Gasteiger partial charge is 0.263 e. The van der Waals surface area contributed by atoms with Crippen LogP contribution in [0.25, 0.3) is 16.5 Å². The predicted octanol–water partition coefficient (Wildman–Crippen LogP) is 6.50. The van der Waals surface area contributed by atoms with Gasteiger partial charge in [-0.25, -0.2) is 0 Å². The first kappa shape index (κ1) is 31.0. The van der Waals surface area contributed by atoms with Gasteiger partial charge in [0, 0.05) is 43.0 Å². The van der Waals surface area contributed by atoms with Gasteiger partial charge in [0.15, 0.2) is 0 Å². The van der Waals surface area contributed by atoms with E-state index in [2.05, 4.69) is 34.6 Å². The number of fused-ring (bicyclic) bond motifs is 1. The molecule has 0 radical (unpaired) electrons. The van der Waals surface area contributed by atoms with Crippen molar-refractivity contribution in [2.75, 3.05) is 13.1 Å². The molecule has 0 unspecified atom stereocenters. The molecular weight excluding hydrogens is 572 g/mol. The summed E-state index contributed by atoms with van der Waals surface area (Å²) >= 11 is 0. The van der Waals surface area contributed by atoms with E-state index in [9.17, 15) is 14.4 Å². The Bertz CT molecular complexity index is 1880. The summed E-state index contributed by atoms with van der Waals surface area (Å²) < 4.78 is 1.72. The zero-order valence-electron chi connectivity index (χ0n) is 26.4. The van der Waals surface area contributed by atoms with E-state index in [1.807, 2.05) is 97.1 Å². The maximum Gasteiger partial charge on any atom is 0.263 e. The minimum absolute atomic E-state index is 0.0624. The zero-order valence-corrected chi connectivity index (χ0v) is 26.4. The first-order valence-corrected chi connectivity index (χ1v) is 16.0. The number of rotatable bonds is 9. The Balaban J connectivity index is 1.44. The van der Waals surface area contributed by atoms with Gasteiger partial charge in [-0.2, -0.15) is 0 Å². The second kappa shape index (κ2) is 13.5.